The van der Waals surface area contributed by atoms with E-state index < -0.39 is 5.91 Å². The summed E-state index contributed by atoms with van der Waals surface area (Å²) in [4.78, 5) is 22.4. The lowest BCUT2D eigenvalue weighted by Crippen LogP contribution is -2.10. The molecule has 0 spiro atoms. The lowest BCUT2D eigenvalue weighted by Gasteiger charge is -2.02. The van der Waals surface area contributed by atoms with Crippen molar-refractivity contribution in [3.05, 3.63) is 18.0 Å². The van der Waals surface area contributed by atoms with Gasteiger partial charge in [-0.1, -0.05) is 0 Å². The second-order valence-electron chi connectivity index (χ2n) is 3.02. The van der Waals surface area contributed by atoms with Crippen LogP contribution in [0.4, 0.5) is 5.95 Å². The summed E-state index contributed by atoms with van der Waals surface area (Å²) in [6.45, 7) is 0. The topological polar surface area (TPSA) is 135 Å². The Bertz CT molecular complexity index is 565. The first-order valence-electron chi connectivity index (χ1n) is 4.50. The standard InChI is InChI=1S/C8H9N7O2/c1-17-8-13-6(10)12-7(14-8)15-3-4(2-11-15)5(9)16/h2-3H,1H3,(H2,9,16)(H2,10,12,13,14). The summed E-state index contributed by atoms with van der Waals surface area (Å²) in [7, 11) is 1.40. The minimum absolute atomic E-state index is 0.0111. The third kappa shape index (κ3) is 2.12. The highest BCUT2D eigenvalue weighted by atomic mass is 16.5. The van der Waals surface area contributed by atoms with E-state index in [0.29, 0.717) is 0 Å². The van der Waals surface area contributed by atoms with E-state index in [9.17, 15) is 4.79 Å². The molecule has 0 aliphatic carbocycles. The Morgan fingerprint density at radius 2 is 2.18 bits per heavy atom. The van der Waals surface area contributed by atoms with Gasteiger partial charge >= 0.3 is 6.01 Å². The number of hydrogen-bond donors (Lipinski definition) is 2. The van der Waals surface area contributed by atoms with Gasteiger partial charge < -0.3 is 16.2 Å². The number of nitrogens with two attached hydrogens (primary N) is 2. The molecule has 9 nitrogen and oxygen atoms in total. The van der Waals surface area contributed by atoms with Gasteiger partial charge in [-0.15, -0.1) is 0 Å². The molecule has 0 saturated carbocycles. The van der Waals surface area contributed by atoms with Gasteiger partial charge in [-0.3, -0.25) is 4.79 Å². The fourth-order valence-electron chi connectivity index (χ4n) is 1.11. The molecular formula is C8H9N7O2. The van der Waals surface area contributed by atoms with Crippen molar-refractivity contribution < 1.29 is 9.53 Å². The number of nitrogen functional groups attached to an aromatic ring is 1. The molecule has 0 saturated heterocycles. The first-order valence-corrected chi connectivity index (χ1v) is 4.50. The van der Waals surface area contributed by atoms with E-state index in [1.54, 1.807) is 0 Å². The van der Waals surface area contributed by atoms with Gasteiger partial charge in [-0.25, -0.2) is 4.68 Å². The van der Waals surface area contributed by atoms with Crippen LogP contribution in [-0.4, -0.2) is 37.7 Å². The molecule has 2 heterocycles. The van der Waals surface area contributed by atoms with Crippen molar-refractivity contribution in [2.75, 3.05) is 12.8 Å². The maximum Gasteiger partial charge on any atom is 0.322 e. The second-order valence-corrected chi connectivity index (χ2v) is 3.02. The van der Waals surface area contributed by atoms with Crippen LogP contribution in [0.15, 0.2) is 12.4 Å². The molecule has 4 N–H and O–H groups in total. The van der Waals surface area contributed by atoms with Crippen molar-refractivity contribution in [2.24, 2.45) is 5.73 Å². The molecule has 1 amide bonds. The predicted octanol–water partition coefficient (Wildman–Crippen LogP) is -1.25. The molecule has 0 atom stereocenters. The maximum atomic E-state index is 10.9. The molecule has 0 unspecified atom stereocenters. The monoisotopic (exact) mass is 235 g/mol. The summed E-state index contributed by atoms with van der Waals surface area (Å²) in [5.74, 6) is -0.463. The van der Waals surface area contributed by atoms with Crippen LogP contribution in [0.5, 0.6) is 6.01 Å². The number of hydrogen-bond acceptors (Lipinski definition) is 7. The number of rotatable bonds is 3. The average Bonchev–Trinajstić information content (AvgIpc) is 2.77. The quantitative estimate of drug-likeness (QED) is 0.678. The summed E-state index contributed by atoms with van der Waals surface area (Å²) in [6.07, 6.45) is 2.69. The molecule has 0 bridgehead atoms. The van der Waals surface area contributed by atoms with Gasteiger partial charge in [0.1, 0.15) is 0 Å². The molecular weight excluding hydrogens is 226 g/mol. The average molecular weight is 235 g/mol. The number of carbonyl (C=O) groups excluding carboxylic acids is 1. The van der Waals surface area contributed by atoms with Crippen molar-refractivity contribution in [3.8, 4) is 12.0 Å². The fourth-order valence-corrected chi connectivity index (χ4v) is 1.11. The number of anilines is 1. The van der Waals surface area contributed by atoms with Gasteiger partial charge in [0, 0.05) is 6.20 Å². The van der Waals surface area contributed by atoms with Gasteiger partial charge in [0.2, 0.25) is 5.95 Å². The number of methoxy groups -OCH3 is 1. The molecule has 9 heteroatoms. The Hall–Kier alpha value is -2.71. The Morgan fingerprint density at radius 3 is 2.76 bits per heavy atom. The van der Waals surface area contributed by atoms with E-state index in [1.165, 1.54) is 24.2 Å². The van der Waals surface area contributed by atoms with E-state index in [4.69, 9.17) is 16.2 Å². The Balaban J connectivity index is 2.44. The lowest BCUT2D eigenvalue weighted by atomic mass is 10.4. The van der Waals surface area contributed by atoms with Gasteiger partial charge in [0.25, 0.3) is 11.9 Å². The minimum atomic E-state index is -0.592. The SMILES string of the molecule is COc1nc(N)nc(-n2cc(C(N)=O)cn2)n1. The number of ether oxygens (including phenoxy) is 1. The van der Waals surface area contributed by atoms with Crippen molar-refractivity contribution >= 4 is 11.9 Å². The molecule has 0 aliphatic rings. The van der Waals surface area contributed by atoms with E-state index in [2.05, 4.69) is 20.1 Å². The van der Waals surface area contributed by atoms with Crippen LogP contribution < -0.4 is 16.2 Å². The summed E-state index contributed by atoms with van der Waals surface area (Å²) >= 11 is 0. The Kier molecular flexibility index (Phi) is 2.57. The van der Waals surface area contributed by atoms with Gasteiger partial charge in [-0.05, 0) is 0 Å². The summed E-state index contributed by atoms with van der Waals surface area (Å²) in [5, 5.41) is 3.88. The molecule has 88 valence electrons. The summed E-state index contributed by atoms with van der Waals surface area (Å²) in [5.41, 5.74) is 10.8. The van der Waals surface area contributed by atoms with Crippen LogP contribution in [0.1, 0.15) is 10.4 Å². The molecule has 2 rings (SSSR count). The Labute approximate surface area is 95.4 Å². The third-order valence-electron chi connectivity index (χ3n) is 1.87. The molecule has 17 heavy (non-hydrogen) atoms. The number of aromatic nitrogens is 5. The zero-order valence-corrected chi connectivity index (χ0v) is 8.86. The molecule has 2 aromatic rings. The van der Waals surface area contributed by atoms with Crippen molar-refractivity contribution in [1.29, 1.82) is 0 Å². The minimum Gasteiger partial charge on any atom is -0.467 e. The van der Waals surface area contributed by atoms with Gasteiger partial charge in [0.15, 0.2) is 0 Å². The maximum absolute atomic E-state index is 10.9. The van der Waals surface area contributed by atoms with Crippen LogP contribution in [0.2, 0.25) is 0 Å². The Morgan fingerprint density at radius 1 is 1.41 bits per heavy atom. The second kappa shape index (κ2) is 4.04. The summed E-state index contributed by atoms with van der Waals surface area (Å²) < 4.78 is 6.09. The number of primary amides is 1. The van der Waals surface area contributed by atoms with Crippen LogP contribution in [0.3, 0.4) is 0 Å². The zero-order valence-electron chi connectivity index (χ0n) is 8.86. The molecule has 0 radical (unpaired) electrons. The van der Waals surface area contributed by atoms with Gasteiger partial charge in [-0.2, -0.15) is 20.1 Å². The van der Waals surface area contributed by atoms with Crippen LogP contribution in [-0.2, 0) is 0 Å². The first kappa shape index (κ1) is 10.8. The van der Waals surface area contributed by atoms with Crippen LogP contribution >= 0.6 is 0 Å². The van der Waals surface area contributed by atoms with E-state index in [-0.39, 0.29) is 23.5 Å². The predicted molar refractivity (Wildman–Crippen MR) is 56.4 cm³/mol. The van der Waals surface area contributed by atoms with Crippen molar-refractivity contribution in [2.45, 2.75) is 0 Å². The summed E-state index contributed by atoms with van der Waals surface area (Å²) in [6, 6.07) is 0.0589. The molecule has 2 aromatic heterocycles. The smallest absolute Gasteiger partial charge is 0.322 e. The molecule has 0 aromatic carbocycles. The first-order chi connectivity index (χ1) is 8.10. The van der Waals surface area contributed by atoms with E-state index >= 15 is 0 Å². The van der Waals surface area contributed by atoms with E-state index in [0.717, 1.165) is 0 Å². The number of nitrogens with zero attached hydrogens (tertiary/aromatic N) is 5. The highest BCUT2D eigenvalue weighted by Crippen LogP contribution is 2.08. The van der Waals surface area contributed by atoms with Crippen molar-refractivity contribution in [1.82, 2.24) is 24.7 Å². The van der Waals surface area contributed by atoms with Crippen LogP contribution in [0, 0.1) is 0 Å². The van der Waals surface area contributed by atoms with Crippen LogP contribution in [0.25, 0.3) is 5.95 Å². The van der Waals surface area contributed by atoms with Crippen molar-refractivity contribution in [3.63, 3.8) is 0 Å². The number of amides is 1. The number of carbonyl (C=O) groups is 1. The molecule has 0 fully saturated rings. The highest BCUT2D eigenvalue weighted by Gasteiger charge is 2.10. The zero-order chi connectivity index (χ0) is 12.4. The van der Waals surface area contributed by atoms with E-state index in [1.807, 2.05) is 0 Å². The third-order valence-corrected chi connectivity index (χ3v) is 1.87. The highest BCUT2D eigenvalue weighted by molar-refractivity contribution is 5.92. The van der Waals surface area contributed by atoms with Gasteiger partial charge in [0.05, 0.1) is 18.9 Å². The fraction of sp³-hybridized carbons (Fsp3) is 0.125. The molecule has 0 aliphatic heterocycles. The largest absolute Gasteiger partial charge is 0.467 e. The lowest BCUT2D eigenvalue weighted by molar-refractivity contribution is 0.100. The normalized spacial score (nSPS) is 10.2.